The van der Waals surface area contributed by atoms with Crippen LogP contribution in [0.1, 0.15) is 36.0 Å². The summed E-state index contributed by atoms with van der Waals surface area (Å²) in [6, 6.07) is 4.65. The third kappa shape index (κ3) is 3.18. The lowest BCUT2D eigenvalue weighted by atomic mass is 9.88. The Kier molecular flexibility index (Phi) is 4.76. The van der Waals surface area contributed by atoms with Crippen molar-refractivity contribution in [2.75, 3.05) is 19.5 Å². The van der Waals surface area contributed by atoms with Gasteiger partial charge in [-0.05, 0) is 25.0 Å². The number of ether oxygens (including phenoxy) is 1. The first kappa shape index (κ1) is 15.0. The summed E-state index contributed by atoms with van der Waals surface area (Å²) >= 11 is 6.05. The lowest BCUT2D eigenvalue weighted by molar-refractivity contribution is 0.0932. The lowest BCUT2D eigenvalue weighted by Crippen LogP contribution is -2.37. The van der Waals surface area contributed by atoms with E-state index in [-0.39, 0.29) is 22.6 Å². The molecule has 1 fully saturated rings. The predicted molar refractivity (Wildman–Crippen MR) is 78.6 cm³/mol. The van der Waals surface area contributed by atoms with E-state index >= 15 is 0 Å². The van der Waals surface area contributed by atoms with Crippen LogP contribution in [0.25, 0.3) is 0 Å². The fourth-order valence-corrected chi connectivity index (χ4v) is 3.04. The zero-order valence-corrected chi connectivity index (χ0v) is 12.4. The van der Waals surface area contributed by atoms with Gasteiger partial charge in [-0.2, -0.15) is 0 Å². The average Bonchev–Trinajstić information content (AvgIpc) is 2.94. The summed E-state index contributed by atoms with van der Waals surface area (Å²) < 4.78 is 5.00. The van der Waals surface area contributed by atoms with Crippen molar-refractivity contribution in [3.8, 4) is 11.5 Å². The molecule has 1 aromatic carbocycles. The first-order chi connectivity index (χ1) is 9.60. The van der Waals surface area contributed by atoms with Crippen LogP contribution in [0.15, 0.2) is 18.2 Å². The Labute approximate surface area is 124 Å². The number of amides is 1. The van der Waals surface area contributed by atoms with E-state index in [4.69, 9.17) is 16.3 Å². The van der Waals surface area contributed by atoms with Gasteiger partial charge in [-0.1, -0.05) is 12.8 Å². The SMILES string of the molecule is COc1ccc(C(=O)NCC2(CCl)CCCC2)c(O)c1. The Morgan fingerprint density at radius 3 is 2.70 bits per heavy atom. The minimum Gasteiger partial charge on any atom is -0.507 e. The number of rotatable bonds is 5. The largest absolute Gasteiger partial charge is 0.507 e. The number of halogens is 1. The highest BCUT2D eigenvalue weighted by atomic mass is 35.5. The first-order valence-electron chi connectivity index (χ1n) is 6.81. The molecule has 0 aliphatic heterocycles. The van der Waals surface area contributed by atoms with Gasteiger partial charge in [0.2, 0.25) is 0 Å². The van der Waals surface area contributed by atoms with Crippen molar-refractivity contribution in [1.82, 2.24) is 5.32 Å². The van der Waals surface area contributed by atoms with Crippen molar-refractivity contribution < 1.29 is 14.6 Å². The second-order valence-electron chi connectivity index (χ2n) is 5.41. The number of phenolic OH excluding ortho intramolecular Hbond substituents is 1. The summed E-state index contributed by atoms with van der Waals surface area (Å²) in [5, 5.41) is 12.7. The molecular weight excluding hydrogens is 278 g/mol. The van der Waals surface area contributed by atoms with E-state index in [1.54, 1.807) is 12.1 Å². The van der Waals surface area contributed by atoms with Gasteiger partial charge in [0.25, 0.3) is 5.91 Å². The molecule has 110 valence electrons. The summed E-state index contributed by atoms with van der Waals surface area (Å²) in [6.07, 6.45) is 4.42. The minimum absolute atomic E-state index is 0.0132. The number of nitrogens with one attached hydrogen (secondary N) is 1. The topological polar surface area (TPSA) is 58.6 Å². The molecule has 4 nitrogen and oxygen atoms in total. The molecule has 0 radical (unpaired) electrons. The monoisotopic (exact) mass is 297 g/mol. The number of benzene rings is 1. The van der Waals surface area contributed by atoms with E-state index in [0.717, 1.165) is 25.7 Å². The van der Waals surface area contributed by atoms with Crippen molar-refractivity contribution in [2.45, 2.75) is 25.7 Å². The smallest absolute Gasteiger partial charge is 0.255 e. The molecule has 0 aromatic heterocycles. The highest BCUT2D eigenvalue weighted by molar-refractivity contribution is 6.18. The Morgan fingerprint density at radius 2 is 2.15 bits per heavy atom. The molecule has 1 aliphatic carbocycles. The molecule has 0 heterocycles. The Morgan fingerprint density at radius 1 is 1.45 bits per heavy atom. The predicted octanol–water partition coefficient (Wildman–Crippen LogP) is 2.93. The van der Waals surface area contributed by atoms with Gasteiger partial charge in [-0.25, -0.2) is 0 Å². The Balaban J connectivity index is 2.01. The van der Waals surface area contributed by atoms with Gasteiger partial charge in [0.15, 0.2) is 0 Å². The molecule has 2 rings (SSSR count). The molecule has 0 spiro atoms. The van der Waals surface area contributed by atoms with Crippen molar-refractivity contribution in [3.05, 3.63) is 23.8 Å². The molecule has 0 unspecified atom stereocenters. The number of hydrogen-bond donors (Lipinski definition) is 2. The summed E-state index contributed by atoms with van der Waals surface area (Å²) in [6.45, 7) is 0.556. The number of methoxy groups -OCH3 is 1. The normalized spacial score (nSPS) is 16.9. The molecule has 1 aromatic rings. The molecule has 0 bridgehead atoms. The molecule has 20 heavy (non-hydrogen) atoms. The van der Waals surface area contributed by atoms with Crippen LogP contribution in [-0.2, 0) is 0 Å². The molecule has 1 saturated carbocycles. The van der Waals surface area contributed by atoms with Crippen LogP contribution in [-0.4, -0.2) is 30.5 Å². The second kappa shape index (κ2) is 6.35. The van der Waals surface area contributed by atoms with Gasteiger partial charge in [-0.3, -0.25) is 4.79 Å². The number of hydrogen-bond acceptors (Lipinski definition) is 3. The quantitative estimate of drug-likeness (QED) is 0.822. The average molecular weight is 298 g/mol. The standard InChI is InChI=1S/C15H20ClNO3/c1-20-11-4-5-12(13(18)8-11)14(19)17-10-15(9-16)6-2-3-7-15/h4-5,8,18H,2-3,6-7,9-10H2,1H3,(H,17,19). The van der Waals surface area contributed by atoms with Gasteiger partial charge in [0.05, 0.1) is 12.7 Å². The first-order valence-corrected chi connectivity index (χ1v) is 7.35. The van der Waals surface area contributed by atoms with E-state index in [2.05, 4.69) is 5.32 Å². The van der Waals surface area contributed by atoms with Crippen LogP contribution in [0.3, 0.4) is 0 Å². The molecule has 0 atom stereocenters. The summed E-state index contributed by atoms with van der Waals surface area (Å²) in [7, 11) is 1.51. The molecule has 5 heteroatoms. The summed E-state index contributed by atoms with van der Waals surface area (Å²) in [5.41, 5.74) is 0.271. The number of aromatic hydroxyl groups is 1. The van der Waals surface area contributed by atoms with Gasteiger partial charge < -0.3 is 15.2 Å². The number of alkyl halides is 1. The van der Waals surface area contributed by atoms with Gasteiger partial charge in [-0.15, -0.1) is 11.6 Å². The van der Waals surface area contributed by atoms with E-state index in [1.165, 1.54) is 13.2 Å². The van der Waals surface area contributed by atoms with E-state index in [9.17, 15) is 9.90 Å². The van der Waals surface area contributed by atoms with E-state index in [1.807, 2.05) is 0 Å². The fourth-order valence-electron chi connectivity index (χ4n) is 2.68. The van der Waals surface area contributed by atoms with E-state index in [0.29, 0.717) is 18.2 Å². The third-order valence-electron chi connectivity index (χ3n) is 4.02. The van der Waals surface area contributed by atoms with Crippen molar-refractivity contribution in [2.24, 2.45) is 5.41 Å². The van der Waals surface area contributed by atoms with Crippen LogP contribution < -0.4 is 10.1 Å². The maximum absolute atomic E-state index is 12.1. The molecular formula is C15H20ClNO3. The van der Waals surface area contributed by atoms with Crippen LogP contribution in [0.4, 0.5) is 0 Å². The van der Waals surface area contributed by atoms with Crippen LogP contribution >= 0.6 is 11.6 Å². The van der Waals surface area contributed by atoms with E-state index < -0.39 is 0 Å². The molecule has 2 N–H and O–H groups in total. The van der Waals surface area contributed by atoms with Crippen molar-refractivity contribution >= 4 is 17.5 Å². The van der Waals surface area contributed by atoms with Crippen molar-refractivity contribution in [1.29, 1.82) is 0 Å². The molecule has 1 amide bonds. The van der Waals surface area contributed by atoms with Crippen molar-refractivity contribution in [3.63, 3.8) is 0 Å². The molecule has 0 saturated heterocycles. The summed E-state index contributed by atoms with van der Waals surface area (Å²) in [5.74, 6) is 0.726. The highest BCUT2D eigenvalue weighted by Gasteiger charge is 2.33. The lowest BCUT2D eigenvalue weighted by Gasteiger charge is -2.26. The van der Waals surface area contributed by atoms with Crippen LogP contribution in [0, 0.1) is 5.41 Å². The minimum atomic E-state index is -0.276. The zero-order valence-electron chi connectivity index (χ0n) is 11.6. The zero-order chi connectivity index (χ0) is 14.6. The molecule has 1 aliphatic rings. The maximum atomic E-state index is 12.1. The van der Waals surface area contributed by atoms with Gasteiger partial charge >= 0.3 is 0 Å². The number of phenols is 1. The second-order valence-corrected chi connectivity index (χ2v) is 5.67. The van der Waals surface area contributed by atoms with Crippen LogP contribution in [0.2, 0.25) is 0 Å². The van der Waals surface area contributed by atoms with Crippen LogP contribution in [0.5, 0.6) is 11.5 Å². The number of carbonyl (C=O) groups is 1. The fraction of sp³-hybridized carbons (Fsp3) is 0.533. The third-order valence-corrected chi connectivity index (χ3v) is 4.59. The number of carbonyl (C=O) groups excluding carboxylic acids is 1. The van der Waals surface area contributed by atoms with Gasteiger partial charge in [0, 0.05) is 23.9 Å². The van der Waals surface area contributed by atoms with Gasteiger partial charge in [0.1, 0.15) is 11.5 Å². The summed E-state index contributed by atoms with van der Waals surface area (Å²) in [4.78, 5) is 12.1. The highest BCUT2D eigenvalue weighted by Crippen LogP contribution is 2.38. The Hall–Kier alpha value is -1.42. The maximum Gasteiger partial charge on any atom is 0.255 e. The Bertz CT molecular complexity index is 484.